The van der Waals surface area contributed by atoms with E-state index in [1.54, 1.807) is 30.3 Å². The van der Waals surface area contributed by atoms with Gasteiger partial charge in [0.1, 0.15) is 12.3 Å². The molecule has 0 aliphatic carbocycles. The Bertz CT molecular complexity index is 1150. The van der Waals surface area contributed by atoms with Crippen molar-refractivity contribution in [2.45, 2.75) is 62.3 Å². The van der Waals surface area contributed by atoms with Crippen molar-refractivity contribution in [1.29, 1.82) is 5.41 Å². The zero-order chi connectivity index (χ0) is 30.1. The number of carboxylic acid groups (broad SMARTS) is 1. The molecule has 224 valence electrons. The smallest absolute Gasteiger partial charge is 0.475 e. The largest absolute Gasteiger partial charge is 0.490 e. The van der Waals surface area contributed by atoms with Gasteiger partial charge in [0.2, 0.25) is 21.8 Å². The molecule has 7 N–H and O–H groups in total. The van der Waals surface area contributed by atoms with Crippen molar-refractivity contribution >= 4 is 33.8 Å². The van der Waals surface area contributed by atoms with Gasteiger partial charge in [-0.1, -0.05) is 30.3 Å². The highest BCUT2D eigenvalue weighted by Crippen LogP contribution is 2.17. The van der Waals surface area contributed by atoms with Crippen LogP contribution in [0.15, 0.2) is 30.3 Å². The van der Waals surface area contributed by atoms with E-state index in [2.05, 4.69) is 10.0 Å². The molecule has 1 aromatic carbocycles. The molecule has 17 heteroatoms. The molecule has 2 saturated heterocycles. The van der Waals surface area contributed by atoms with Crippen LogP contribution >= 0.6 is 0 Å². The van der Waals surface area contributed by atoms with Crippen molar-refractivity contribution in [3.63, 3.8) is 0 Å². The number of piperidine rings is 1. The fourth-order valence-electron chi connectivity index (χ4n) is 4.24. The van der Waals surface area contributed by atoms with E-state index in [0.717, 1.165) is 0 Å². The second-order valence-electron chi connectivity index (χ2n) is 9.28. The number of likely N-dealkylation sites (tertiary alicyclic amines) is 2. The number of alkyl halides is 3. The third-order valence-electron chi connectivity index (χ3n) is 6.13. The van der Waals surface area contributed by atoms with Gasteiger partial charge in [-0.3, -0.25) is 15.0 Å². The molecule has 40 heavy (non-hydrogen) atoms. The first-order valence-corrected chi connectivity index (χ1v) is 14.0. The summed E-state index contributed by atoms with van der Waals surface area (Å²) in [6.45, 7) is 0.535. The lowest BCUT2D eigenvalue weighted by atomic mass is 10.0. The van der Waals surface area contributed by atoms with Gasteiger partial charge in [0.25, 0.3) is 0 Å². The Morgan fingerprint density at radius 3 is 2.30 bits per heavy atom. The van der Waals surface area contributed by atoms with Crippen LogP contribution in [0, 0.1) is 5.41 Å². The number of carbonyl (C=O) groups is 3. The normalized spacial score (nSPS) is 22.0. The molecule has 2 aliphatic rings. The number of hydrogen-bond acceptors (Lipinski definition) is 7. The number of benzene rings is 1. The number of aliphatic carboxylic acids is 1. The first-order valence-electron chi connectivity index (χ1n) is 12.3. The summed E-state index contributed by atoms with van der Waals surface area (Å²) < 4.78 is 59.5. The first kappa shape index (κ1) is 32.8. The third kappa shape index (κ3) is 10.3. The van der Waals surface area contributed by atoms with Gasteiger partial charge >= 0.3 is 12.1 Å². The van der Waals surface area contributed by atoms with E-state index in [0.29, 0.717) is 50.8 Å². The minimum Gasteiger partial charge on any atom is -0.475 e. The van der Waals surface area contributed by atoms with Gasteiger partial charge in [-0.05, 0) is 37.7 Å². The number of amides is 2. The van der Waals surface area contributed by atoms with E-state index < -0.39 is 52.3 Å². The van der Waals surface area contributed by atoms with E-state index in [4.69, 9.17) is 21.0 Å². The number of guanidine groups is 1. The lowest BCUT2D eigenvalue weighted by Crippen LogP contribution is -2.59. The van der Waals surface area contributed by atoms with E-state index >= 15 is 0 Å². The molecule has 0 aromatic heterocycles. The zero-order valence-electron chi connectivity index (χ0n) is 21.4. The fourth-order valence-corrected chi connectivity index (χ4v) is 5.61. The minimum absolute atomic E-state index is 0.232. The molecule has 2 aliphatic heterocycles. The summed E-state index contributed by atoms with van der Waals surface area (Å²) in [6.07, 6.45) is -3.36. The molecule has 1 aromatic rings. The second kappa shape index (κ2) is 14.3. The van der Waals surface area contributed by atoms with Gasteiger partial charge in [0.15, 0.2) is 5.96 Å². The molecule has 1 unspecified atom stereocenters. The average molecular weight is 595 g/mol. The molecule has 3 rings (SSSR count). The molecule has 2 amide bonds. The number of halogens is 3. The van der Waals surface area contributed by atoms with Gasteiger partial charge in [0.05, 0.1) is 18.3 Å². The fraction of sp³-hybridized carbons (Fsp3) is 0.565. The number of nitrogens with two attached hydrogens (primary N) is 1. The van der Waals surface area contributed by atoms with Gasteiger partial charge in [-0.15, -0.1) is 0 Å². The molecule has 0 spiro atoms. The second-order valence-corrected chi connectivity index (χ2v) is 11.0. The Balaban J connectivity index is 0.000000708. The van der Waals surface area contributed by atoms with Crippen molar-refractivity contribution in [3.05, 3.63) is 35.9 Å². The Morgan fingerprint density at radius 1 is 1.10 bits per heavy atom. The number of aliphatic hydroxyl groups excluding tert-OH is 1. The predicted molar refractivity (Wildman–Crippen MR) is 136 cm³/mol. The van der Waals surface area contributed by atoms with Crippen molar-refractivity contribution in [2.24, 2.45) is 5.73 Å². The van der Waals surface area contributed by atoms with Crippen molar-refractivity contribution < 1.29 is 46.2 Å². The molecule has 2 heterocycles. The molecule has 0 radical (unpaired) electrons. The van der Waals surface area contributed by atoms with Crippen molar-refractivity contribution in [3.8, 4) is 0 Å². The van der Waals surface area contributed by atoms with E-state index in [1.807, 2.05) is 0 Å². The molecular weight excluding hydrogens is 561 g/mol. The lowest BCUT2D eigenvalue weighted by Gasteiger charge is -2.38. The highest BCUT2D eigenvalue weighted by atomic mass is 32.2. The summed E-state index contributed by atoms with van der Waals surface area (Å²) in [6, 6.07) is 7.17. The summed E-state index contributed by atoms with van der Waals surface area (Å²) in [7, 11) is -3.75. The number of hydrogen-bond donors (Lipinski definition) is 6. The van der Waals surface area contributed by atoms with Gasteiger partial charge < -0.3 is 31.1 Å². The Morgan fingerprint density at radius 2 is 1.73 bits per heavy atom. The lowest BCUT2D eigenvalue weighted by molar-refractivity contribution is -0.192. The van der Waals surface area contributed by atoms with E-state index in [-0.39, 0.29) is 18.3 Å². The van der Waals surface area contributed by atoms with Crippen LogP contribution in [-0.2, 0) is 30.2 Å². The van der Waals surface area contributed by atoms with Crippen molar-refractivity contribution in [1.82, 2.24) is 19.8 Å². The summed E-state index contributed by atoms with van der Waals surface area (Å²) in [4.78, 5) is 37.2. The number of nitrogens with zero attached hydrogens (tertiary/aromatic N) is 2. The van der Waals surface area contributed by atoms with Crippen LogP contribution in [0.2, 0.25) is 0 Å². The molecule has 0 bridgehead atoms. The summed E-state index contributed by atoms with van der Waals surface area (Å²) >= 11 is 0. The van der Waals surface area contributed by atoms with E-state index in [1.165, 1.54) is 9.80 Å². The summed E-state index contributed by atoms with van der Waals surface area (Å²) in [5, 5.41) is 27.8. The maximum Gasteiger partial charge on any atom is 0.490 e. The van der Waals surface area contributed by atoms with Gasteiger partial charge in [-0.2, -0.15) is 13.2 Å². The van der Waals surface area contributed by atoms with Crippen LogP contribution in [0.25, 0.3) is 0 Å². The standard InChI is InChI=1S/C21H32N6O5S.C2HF3O2/c22-21(23)27-12-6-10-16(20(27)30)24-18(28)13-26-11-5-4-9-17(19(26)29)25-33(31,32)14-15-7-2-1-3-8-15;3-2(4,5)1(6)7/h1-3,7-8,16-17,20,25,30H,4-6,9-14H2,(H3,22,23)(H,24,28);(H,6,7)/t16-,17-,20?;/m0./s1. The number of rotatable bonds is 7. The van der Waals surface area contributed by atoms with Gasteiger partial charge in [-0.25, -0.2) is 17.9 Å². The predicted octanol–water partition coefficient (Wildman–Crippen LogP) is -0.0871. The Hall–Kier alpha value is -3.44. The molecule has 0 saturated carbocycles. The number of carboxylic acids is 1. The topological polar surface area (TPSA) is 206 Å². The average Bonchev–Trinajstić information content (AvgIpc) is 3.01. The van der Waals surface area contributed by atoms with Crippen LogP contribution in [0.5, 0.6) is 0 Å². The maximum atomic E-state index is 13.0. The van der Waals surface area contributed by atoms with Crippen LogP contribution in [0.4, 0.5) is 13.2 Å². The number of carbonyl (C=O) groups excluding carboxylic acids is 2. The highest BCUT2D eigenvalue weighted by Gasteiger charge is 2.38. The first-order chi connectivity index (χ1) is 18.6. The Labute approximate surface area is 229 Å². The van der Waals surface area contributed by atoms with Crippen LogP contribution in [0.3, 0.4) is 0 Å². The zero-order valence-corrected chi connectivity index (χ0v) is 22.2. The highest BCUT2D eigenvalue weighted by molar-refractivity contribution is 7.88. The minimum atomic E-state index is -5.08. The number of nitrogens with one attached hydrogen (secondary N) is 3. The van der Waals surface area contributed by atoms with Crippen molar-refractivity contribution in [2.75, 3.05) is 19.6 Å². The van der Waals surface area contributed by atoms with Crippen LogP contribution in [-0.4, -0.2) is 96.3 Å². The third-order valence-corrected chi connectivity index (χ3v) is 7.49. The molecular formula is C23H33F3N6O7S. The number of sulfonamides is 1. The molecule has 13 nitrogen and oxygen atoms in total. The number of aliphatic hydroxyl groups is 1. The quantitative estimate of drug-likeness (QED) is 0.184. The monoisotopic (exact) mass is 594 g/mol. The van der Waals surface area contributed by atoms with Crippen LogP contribution < -0.4 is 15.8 Å². The molecule has 2 fully saturated rings. The van der Waals surface area contributed by atoms with Crippen LogP contribution in [0.1, 0.15) is 37.7 Å². The van der Waals surface area contributed by atoms with E-state index in [9.17, 15) is 36.3 Å². The van der Waals surface area contributed by atoms with Gasteiger partial charge in [0, 0.05) is 13.1 Å². The Kier molecular flexibility index (Phi) is 11.7. The summed E-state index contributed by atoms with van der Waals surface area (Å²) in [5.41, 5.74) is 6.10. The SMILES string of the molecule is N=C(N)N1CCC[C@H](NC(=O)CN2CCCC[C@H](NS(=O)(=O)Cc3ccccc3)C2=O)C1O.O=C(O)C(F)(F)F. The summed E-state index contributed by atoms with van der Waals surface area (Å²) in [5.74, 6) is -4.15. The molecule has 3 atom stereocenters. The maximum absolute atomic E-state index is 13.0.